The van der Waals surface area contributed by atoms with Gasteiger partial charge in [-0.15, -0.1) is 0 Å². The SMILES string of the molecule is CCc1cccc(CC)c1NC(=O)CC(=O)Nc1ccc(C)c(C)c1. The van der Waals surface area contributed by atoms with Gasteiger partial charge >= 0.3 is 0 Å². The molecule has 0 saturated heterocycles. The second-order valence-corrected chi connectivity index (χ2v) is 6.23. The van der Waals surface area contributed by atoms with Crippen LogP contribution in [0.3, 0.4) is 0 Å². The zero-order valence-corrected chi connectivity index (χ0v) is 15.4. The molecule has 2 aromatic rings. The maximum atomic E-state index is 12.3. The van der Waals surface area contributed by atoms with Crippen LogP contribution in [0.15, 0.2) is 36.4 Å². The van der Waals surface area contributed by atoms with E-state index in [1.54, 1.807) is 0 Å². The zero-order chi connectivity index (χ0) is 18.4. The van der Waals surface area contributed by atoms with Crippen LogP contribution >= 0.6 is 0 Å². The van der Waals surface area contributed by atoms with Gasteiger partial charge in [0.2, 0.25) is 11.8 Å². The van der Waals surface area contributed by atoms with Crippen molar-refractivity contribution in [2.45, 2.75) is 47.0 Å². The third kappa shape index (κ3) is 4.92. The number of para-hydroxylation sites is 1. The van der Waals surface area contributed by atoms with Crippen LogP contribution in [0, 0.1) is 13.8 Å². The predicted molar refractivity (Wildman–Crippen MR) is 103 cm³/mol. The standard InChI is InChI=1S/C21H26N2O2/c1-5-16-8-7-9-17(6-2)21(16)23-20(25)13-19(24)22-18-11-10-14(3)15(4)12-18/h7-12H,5-6,13H2,1-4H3,(H,22,24)(H,23,25). The van der Waals surface area contributed by atoms with Gasteiger partial charge in [-0.2, -0.15) is 0 Å². The van der Waals surface area contributed by atoms with Gasteiger partial charge < -0.3 is 10.6 Å². The van der Waals surface area contributed by atoms with Gasteiger partial charge in [0.15, 0.2) is 0 Å². The minimum absolute atomic E-state index is 0.200. The van der Waals surface area contributed by atoms with Crippen LogP contribution in [-0.2, 0) is 22.4 Å². The lowest BCUT2D eigenvalue weighted by atomic mass is 10.0. The number of aryl methyl sites for hydroxylation is 4. The molecule has 0 spiro atoms. The van der Waals surface area contributed by atoms with Crippen molar-refractivity contribution in [1.82, 2.24) is 0 Å². The van der Waals surface area contributed by atoms with Crippen molar-refractivity contribution in [3.8, 4) is 0 Å². The first-order valence-corrected chi connectivity index (χ1v) is 8.72. The fraction of sp³-hybridized carbons (Fsp3) is 0.333. The molecule has 0 atom stereocenters. The Labute approximate surface area is 149 Å². The lowest BCUT2D eigenvalue weighted by molar-refractivity contribution is -0.123. The molecule has 0 aliphatic rings. The van der Waals surface area contributed by atoms with Gasteiger partial charge in [-0.1, -0.05) is 38.1 Å². The second kappa shape index (κ2) is 8.47. The van der Waals surface area contributed by atoms with Crippen LogP contribution in [0.4, 0.5) is 11.4 Å². The van der Waals surface area contributed by atoms with Gasteiger partial charge in [0.1, 0.15) is 6.42 Å². The Morgan fingerprint density at radius 3 is 2.00 bits per heavy atom. The lowest BCUT2D eigenvalue weighted by Gasteiger charge is -2.14. The van der Waals surface area contributed by atoms with E-state index in [2.05, 4.69) is 24.5 Å². The molecule has 0 aromatic heterocycles. The van der Waals surface area contributed by atoms with E-state index < -0.39 is 0 Å². The van der Waals surface area contributed by atoms with Crippen molar-refractivity contribution in [3.63, 3.8) is 0 Å². The molecule has 0 radical (unpaired) electrons. The lowest BCUT2D eigenvalue weighted by Crippen LogP contribution is -2.22. The quantitative estimate of drug-likeness (QED) is 0.767. The summed E-state index contributed by atoms with van der Waals surface area (Å²) in [7, 11) is 0. The average molecular weight is 338 g/mol. The Balaban J connectivity index is 2.02. The van der Waals surface area contributed by atoms with Crippen molar-refractivity contribution in [2.75, 3.05) is 10.6 Å². The number of benzene rings is 2. The number of amides is 2. The van der Waals surface area contributed by atoms with Crippen LogP contribution < -0.4 is 10.6 Å². The monoisotopic (exact) mass is 338 g/mol. The Kier molecular flexibility index (Phi) is 6.34. The zero-order valence-electron chi connectivity index (χ0n) is 15.4. The summed E-state index contributed by atoms with van der Waals surface area (Å²) in [6, 6.07) is 11.7. The van der Waals surface area contributed by atoms with Crippen molar-refractivity contribution in [3.05, 3.63) is 58.7 Å². The summed E-state index contributed by atoms with van der Waals surface area (Å²) in [6.07, 6.45) is 1.46. The Bertz CT molecular complexity index is 759. The van der Waals surface area contributed by atoms with Crippen molar-refractivity contribution < 1.29 is 9.59 Å². The molecule has 2 amide bonds. The molecule has 0 aliphatic heterocycles. The molecule has 132 valence electrons. The predicted octanol–water partition coefficient (Wildman–Crippen LogP) is 4.40. The molecule has 0 fully saturated rings. The van der Waals surface area contributed by atoms with E-state index in [4.69, 9.17) is 0 Å². The number of hydrogen-bond donors (Lipinski definition) is 2. The molecule has 4 nitrogen and oxygen atoms in total. The second-order valence-electron chi connectivity index (χ2n) is 6.23. The van der Waals surface area contributed by atoms with Gasteiger partial charge in [0.25, 0.3) is 0 Å². The van der Waals surface area contributed by atoms with Crippen LogP contribution in [0.5, 0.6) is 0 Å². The molecule has 2 rings (SSSR count). The first-order valence-electron chi connectivity index (χ1n) is 8.72. The first kappa shape index (κ1) is 18.7. The molecule has 0 saturated carbocycles. The Hall–Kier alpha value is -2.62. The summed E-state index contributed by atoms with van der Waals surface area (Å²) in [4.78, 5) is 24.4. The maximum absolute atomic E-state index is 12.3. The Morgan fingerprint density at radius 2 is 1.44 bits per heavy atom. The molecule has 0 unspecified atom stereocenters. The number of carbonyl (C=O) groups excluding carboxylic acids is 2. The molecule has 0 heterocycles. The summed E-state index contributed by atoms with van der Waals surface area (Å²) < 4.78 is 0. The molecule has 0 aliphatic carbocycles. The smallest absolute Gasteiger partial charge is 0.233 e. The number of hydrogen-bond acceptors (Lipinski definition) is 2. The van der Waals surface area contributed by atoms with E-state index in [1.165, 1.54) is 5.56 Å². The normalized spacial score (nSPS) is 10.4. The van der Waals surface area contributed by atoms with Crippen LogP contribution in [0.1, 0.15) is 42.5 Å². The number of rotatable bonds is 6. The summed E-state index contributed by atoms with van der Waals surface area (Å²) in [6.45, 7) is 8.12. The van der Waals surface area contributed by atoms with Crippen molar-refractivity contribution >= 4 is 23.2 Å². The van der Waals surface area contributed by atoms with Gasteiger partial charge in [-0.3, -0.25) is 9.59 Å². The summed E-state index contributed by atoms with van der Waals surface area (Å²) in [5.41, 5.74) is 6.00. The van der Waals surface area contributed by atoms with E-state index in [9.17, 15) is 9.59 Å². The largest absolute Gasteiger partial charge is 0.326 e. The highest BCUT2D eigenvalue weighted by Crippen LogP contribution is 2.23. The van der Waals surface area contributed by atoms with Gasteiger partial charge in [0.05, 0.1) is 0 Å². The van der Waals surface area contributed by atoms with Crippen LogP contribution in [0.2, 0.25) is 0 Å². The van der Waals surface area contributed by atoms with Crippen LogP contribution in [-0.4, -0.2) is 11.8 Å². The van der Waals surface area contributed by atoms with Crippen molar-refractivity contribution in [2.24, 2.45) is 0 Å². The molecule has 0 bridgehead atoms. The molecule has 2 aromatic carbocycles. The minimum atomic E-state index is -0.312. The highest BCUT2D eigenvalue weighted by atomic mass is 16.2. The minimum Gasteiger partial charge on any atom is -0.326 e. The highest BCUT2D eigenvalue weighted by molar-refractivity contribution is 6.08. The third-order valence-electron chi connectivity index (χ3n) is 4.38. The molecule has 2 N–H and O–H groups in total. The summed E-state index contributed by atoms with van der Waals surface area (Å²) in [5.74, 6) is -0.607. The van der Waals surface area contributed by atoms with Gasteiger partial charge in [0, 0.05) is 11.4 Å². The topological polar surface area (TPSA) is 58.2 Å². The molecular weight excluding hydrogens is 312 g/mol. The number of nitrogens with one attached hydrogen (secondary N) is 2. The maximum Gasteiger partial charge on any atom is 0.233 e. The third-order valence-corrected chi connectivity index (χ3v) is 4.38. The van der Waals surface area contributed by atoms with Gasteiger partial charge in [-0.05, 0) is 61.1 Å². The van der Waals surface area contributed by atoms with Crippen molar-refractivity contribution in [1.29, 1.82) is 0 Å². The average Bonchev–Trinajstić information content (AvgIpc) is 2.58. The number of anilines is 2. The molecular formula is C21H26N2O2. The Morgan fingerprint density at radius 1 is 0.840 bits per heavy atom. The van der Waals surface area contributed by atoms with E-state index in [1.807, 2.05) is 50.2 Å². The van der Waals surface area contributed by atoms with Gasteiger partial charge in [-0.25, -0.2) is 0 Å². The highest BCUT2D eigenvalue weighted by Gasteiger charge is 2.14. The van der Waals surface area contributed by atoms with E-state index in [0.717, 1.165) is 35.2 Å². The summed E-state index contributed by atoms with van der Waals surface area (Å²) in [5, 5.41) is 5.70. The molecule has 25 heavy (non-hydrogen) atoms. The fourth-order valence-corrected chi connectivity index (χ4v) is 2.76. The fourth-order valence-electron chi connectivity index (χ4n) is 2.76. The van der Waals surface area contributed by atoms with E-state index >= 15 is 0 Å². The van der Waals surface area contributed by atoms with E-state index in [-0.39, 0.29) is 18.2 Å². The number of carbonyl (C=O) groups is 2. The summed E-state index contributed by atoms with van der Waals surface area (Å²) >= 11 is 0. The first-order chi connectivity index (χ1) is 11.9. The van der Waals surface area contributed by atoms with E-state index in [0.29, 0.717) is 5.69 Å². The molecule has 4 heteroatoms. The van der Waals surface area contributed by atoms with Crippen LogP contribution in [0.25, 0.3) is 0 Å².